The topological polar surface area (TPSA) is 64.6 Å². The average molecular weight is 406 g/mol. The first-order chi connectivity index (χ1) is 13.8. The molecule has 0 unspecified atom stereocenters. The lowest BCUT2D eigenvalue weighted by atomic mass is 10.1. The zero-order chi connectivity index (χ0) is 21.5. The maximum atomic E-state index is 12.6. The van der Waals surface area contributed by atoms with Gasteiger partial charge in [0.05, 0.1) is 6.61 Å². The maximum Gasteiger partial charge on any atom is 0.408 e. The van der Waals surface area contributed by atoms with E-state index in [9.17, 15) is 9.59 Å². The van der Waals surface area contributed by atoms with E-state index in [1.807, 2.05) is 30.3 Å². The Hall–Kier alpha value is -2.04. The number of hydrogen-bond donors (Lipinski definition) is 1. The standard InChI is InChI=1S/C24H39NO4/c1-5-6-7-8-9-10-11-15-18-28-22(26)21(19-20-16-13-12-14-17-20)25-23(27)29-24(2,3)4/h12-14,16-17,21H,5-11,15,18-19H2,1-4H3,(H,25,27)/t21-/m0/s1. The summed E-state index contributed by atoms with van der Waals surface area (Å²) in [5.74, 6) is -0.414. The zero-order valence-electron chi connectivity index (χ0n) is 18.7. The van der Waals surface area contributed by atoms with Crippen molar-refractivity contribution in [3.8, 4) is 0 Å². The van der Waals surface area contributed by atoms with Crippen LogP contribution in [0.4, 0.5) is 4.79 Å². The van der Waals surface area contributed by atoms with Crippen molar-refractivity contribution >= 4 is 12.1 Å². The molecular weight excluding hydrogens is 366 g/mol. The van der Waals surface area contributed by atoms with Gasteiger partial charge in [-0.3, -0.25) is 0 Å². The van der Waals surface area contributed by atoms with Crippen LogP contribution < -0.4 is 5.32 Å². The molecule has 5 heteroatoms. The van der Waals surface area contributed by atoms with Crippen LogP contribution in [0.25, 0.3) is 0 Å². The van der Waals surface area contributed by atoms with E-state index in [2.05, 4.69) is 12.2 Å². The quantitative estimate of drug-likeness (QED) is 0.332. The fourth-order valence-corrected chi connectivity index (χ4v) is 3.00. The Bertz CT molecular complexity index is 580. The largest absolute Gasteiger partial charge is 0.464 e. The third kappa shape index (κ3) is 12.9. The van der Waals surface area contributed by atoms with Crippen LogP contribution in [0.3, 0.4) is 0 Å². The van der Waals surface area contributed by atoms with Crippen LogP contribution in [0.1, 0.15) is 84.6 Å². The number of esters is 1. The number of benzene rings is 1. The summed E-state index contributed by atoms with van der Waals surface area (Å²) in [4.78, 5) is 24.7. The predicted molar refractivity (Wildman–Crippen MR) is 117 cm³/mol. The molecule has 29 heavy (non-hydrogen) atoms. The molecule has 164 valence electrons. The molecule has 0 radical (unpaired) electrons. The molecule has 0 fully saturated rings. The second-order valence-electron chi connectivity index (χ2n) is 8.53. The number of amides is 1. The summed E-state index contributed by atoms with van der Waals surface area (Å²) in [6.45, 7) is 7.98. The Balaban J connectivity index is 2.43. The van der Waals surface area contributed by atoms with Gasteiger partial charge in [-0.25, -0.2) is 9.59 Å². The number of hydrogen-bond acceptors (Lipinski definition) is 4. The first kappa shape index (κ1) is 25.0. The van der Waals surface area contributed by atoms with Crippen LogP contribution in [-0.4, -0.2) is 30.3 Å². The van der Waals surface area contributed by atoms with Crippen molar-refractivity contribution in [2.24, 2.45) is 0 Å². The van der Waals surface area contributed by atoms with Crippen LogP contribution >= 0.6 is 0 Å². The summed E-state index contributed by atoms with van der Waals surface area (Å²) < 4.78 is 10.7. The Morgan fingerprint density at radius 2 is 1.52 bits per heavy atom. The molecule has 0 spiro atoms. The van der Waals surface area contributed by atoms with E-state index in [1.165, 1.54) is 38.5 Å². The predicted octanol–water partition coefficient (Wildman–Crippen LogP) is 5.81. The molecule has 0 saturated carbocycles. The van der Waals surface area contributed by atoms with Gasteiger partial charge in [-0.2, -0.15) is 0 Å². The summed E-state index contributed by atoms with van der Waals surface area (Å²) >= 11 is 0. The highest BCUT2D eigenvalue weighted by atomic mass is 16.6. The van der Waals surface area contributed by atoms with Crippen molar-refractivity contribution in [2.45, 2.75) is 97.1 Å². The molecule has 1 aromatic rings. The molecule has 1 amide bonds. The Morgan fingerprint density at radius 3 is 2.10 bits per heavy atom. The van der Waals surface area contributed by atoms with Gasteiger partial charge in [0.2, 0.25) is 0 Å². The lowest BCUT2D eigenvalue weighted by molar-refractivity contribution is -0.146. The SMILES string of the molecule is CCCCCCCCCCOC(=O)[C@H](Cc1ccccc1)NC(=O)OC(C)(C)C. The highest BCUT2D eigenvalue weighted by Gasteiger charge is 2.25. The lowest BCUT2D eigenvalue weighted by Crippen LogP contribution is -2.45. The second kappa shape index (κ2) is 14.0. The molecule has 1 rings (SSSR count). The summed E-state index contributed by atoms with van der Waals surface area (Å²) in [6.07, 6.45) is 9.25. The van der Waals surface area contributed by atoms with Gasteiger partial charge in [0, 0.05) is 6.42 Å². The number of alkyl carbamates (subject to hydrolysis) is 1. The molecule has 5 nitrogen and oxygen atoms in total. The van der Waals surface area contributed by atoms with E-state index in [1.54, 1.807) is 20.8 Å². The molecule has 0 heterocycles. The van der Waals surface area contributed by atoms with Crippen molar-refractivity contribution in [1.29, 1.82) is 0 Å². The Morgan fingerprint density at radius 1 is 0.931 bits per heavy atom. The van der Waals surface area contributed by atoms with Crippen LogP contribution in [0, 0.1) is 0 Å². The van der Waals surface area contributed by atoms with E-state index in [4.69, 9.17) is 9.47 Å². The van der Waals surface area contributed by atoms with Gasteiger partial charge in [0.25, 0.3) is 0 Å². The molecule has 0 aromatic heterocycles. The third-order valence-electron chi connectivity index (χ3n) is 4.50. The minimum atomic E-state index is -0.763. The van der Waals surface area contributed by atoms with E-state index < -0.39 is 23.7 Å². The van der Waals surface area contributed by atoms with E-state index in [0.29, 0.717) is 13.0 Å². The minimum absolute atomic E-state index is 0.371. The fourth-order valence-electron chi connectivity index (χ4n) is 3.00. The van der Waals surface area contributed by atoms with E-state index in [0.717, 1.165) is 18.4 Å². The molecule has 1 N–H and O–H groups in total. The lowest BCUT2D eigenvalue weighted by Gasteiger charge is -2.23. The van der Waals surface area contributed by atoms with Crippen LogP contribution in [-0.2, 0) is 20.7 Å². The van der Waals surface area contributed by atoms with Crippen molar-refractivity contribution in [3.05, 3.63) is 35.9 Å². The minimum Gasteiger partial charge on any atom is -0.464 e. The van der Waals surface area contributed by atoms with Crippen LogP contribution in [0.15, 0.2) is 30.3 Å². The number of ether oxygens (including phenoxy) is 2. The molecule has 0 bridgehead atoms. The molecule has 0 saturated heterocycles. The summed E-state index contributed by atoms with van der Waals surface area (Å²) in [7, 11) is 0. The highest BCUT2D eigenvalue weighted by molar-refractivity contribution is 5.81. The number of carbonyl (C=O) groups excluding carboxylic acids is 2. The van der Waals surface area contributed by atoms with E-state index in [-0.39, 0.29) is 0 Å². The van der Waals surface area contributed by atoms with Gasteiger partial charge < -0.3 is 14.8 Å². The van der Waals surface area contributed by atoms with Crippen LogP contribution in [0.2, 0.25) is 0 Å². The molecule has 0 aliphatic heterocycles. The van der Waals surface area contributed by atoms with Gasteiger partial charge in [-0.05, 0) is 32.8 Å². The monoisotopic (exact) mass is 405 g/mol. The smallest absolute Gasteiger partial charge is 0.408 e. The number of unbranched alkanes of at least 4 members (excludes halogenated alkanes) is 7. The van der Waals surface area contributed by atoms with Gasteiger partial charge in [-0.15, -0.1) is 0 Å². The van der Waals surface area contributed by atoms with Crippen molar-refractivity contribution in [2.75, 3.05) is 6.61 Å². The molecule has 1 atom stereocenters. The van der Waals surface area contributed by atoms with E-state index >= 15 is 0 Å². The van der Waals surface area contributed by atoms with Crippen molar-refractivity contribution in [3.63, 3.8) is 0 Å². The van der Waals surface area contributed by atoms with Gasteiger partial charge in [0.1, 0.15) is 11.6 Å². The summed E-state index contributed by atoms with van der Waals surface area (Å²) in [5, 5.41) is 2.67. The van der Waals surface area contributed by atoms with Crippen molar-refractivity contribution in [1.82, 2.24) is 5.32 Å². The number of rotatable bonds is 13. The van der Waals surface area contributed by atoms with Crippen LogP contribution in [0.5, 0.6) is 0 Å². The molecule has 0 aliphatic carbocycles. The average Bonchev–Trinajstić information content (AvgIpc) is 2.65. The summed E-state index contributed by atoms with van der Waals surface area (Å²) in [5.41, 5.74) is 0.333. The second-order valence-corrected chi connectivity index (χ2v) is 8.53. The third-order valence-corrected chi connectivity index (χ3v) is 4.50. The van der Waals surface area contributed by atoms with Gasteiger partial charge >= 0.3 is 12.1 Å². The number of carbonyl (C=O) groups is 2. The fraction of sp³-hybridized carbons (Fsp3) is 0.667. The van der Waals surface area contributed by atoms with Gasteiger partial charge in [-0.1, -0.05) is 82.2 Å². The first-order valence-electron chi connectivity index (χ1n) is 11.0. The van der Waals surface area contributed by atoms with Gasteiger partial charge in [0.15, 0.2) is 0 Å². The maximum absolute atomic E-state index is 12.6. The molecule has 0 aliphatic rings. The molecule has 1 aromatic carbocycles. The van der Waals surface area contributed by atoms with Crippen molar-refractivity contribution < 1.29 is 19.1 Å². The summed E-state index contributed by atoms with van der Waals surface area (Å²) in [6, 6.07) is 8.82. The molecular formula is C24H39NO4. The first-order valence-corrected chi connectivity index (χ1v) is 11.0. The normalized spacial score (nSPS) is 12.3. The Labute approximate surface area is 176 Å². The highest BCUT2D eigenvalue weighted by Crippen LogP contribution is 2.11. The Kier molecular flexibility index (Phi) is 12.1. The zero-order valence-corrected chi connectivity index (χ0v) is 18.7. The number of nitrogens with one attached hydrogen (secondary N) is 1.